The molecule has 0 aliphatic rings. The van der Waals surface area contributed by atoms with E-state index in [1.54, 1.807) is 0 Å². The van der Waals surface area contributed by atoms with Crippen LogP contribution in [-0.4, -0.2) is 46.9 Å². The molecule has 0 aromatic heterocycles. The number of hydrogen-bond acceptors (Lipinski definition) is 5. The summed E-state index contributed by atoms with van der Waals surface area (Å²) in [6, 6.07) is -0.726. The van der Waals surface area contributed by atoms with E-state index in [0.717, 1.165) is 70.6 Å². The maximum atomic E-state index is 13.2. The first-order valence-electron chi connectivity index (χ1n) is 24.7. The number of carbonyl (C=O) groups excluding carboxylic acids is 2. The Bertz CT molecular complexity index is 1110. The van der Waals surface area contributed by atoms with Crippen molar-refractivity contribution in [2.24, 2.45) is 0 Å². The van der Waals surface area contributed by atoms with E-state index in [4.69, 9.17) is 4.74 Å². The lowest BCUT2D eigenvalue weighted by molar-refractivity contribution is -0.150. The minimum Gasteiger partial charge on any atom is -0.462 e. The number of amides is 1. The standard InChI is InChI=1S/C53H93NO5/c1-4-7-10-13-16-19-22-24-25-26-28-31-34-37-40-43-46-53(58)59-49(44-41-38-35-32-29-21-18-15-12-9-6-3)47-52(57)54-50(48-55)51(56)45-42-39-36-33-30-27-23-20-17-14-11-8-5-2/h7,10,16,19,24-25,28,31-32,35,37,40,49-51,55-56H,4-6,8-9,11-15,17-18,20-23,26-27,29-30,33-34,36,38-39,41-48H2,1-3H3,(H,54,57)/b10-7+,19-16+,25-24+,31-28+,35-32-,40-37+. The monoisotopic (exact) mass is 824 g/mol. The summed E-state index contributed by atoms with van der Waals surface area (Å²) in [5.74, 6) is -0.606. The van der Waals surface area contributed by atoms with E-state index in [0.29, 0.717) is 19.3 Å². The summed E-state index contributed by atoms with van der Waals surface area (Å²) in [5.41, 5.74) is 0. The number of hydrogen-bond donors (Lipinski definition) is 3. The Hall–Kier alpha value is -2.70. The number of aliphatic hydroxyl groups excluding tert-OH is 2. The molecule has 0 aromatic rings. The smallest absolute Gasteiger partial charge is 0.306 e. The highest BCUT2D eigenvalue weighted by atomic mass is 16.5. The van der Waals surface area contributed by atoms with Crippen LogP contribution < -0.4 is 5.32 Å². The molecule has 0 bridgehead atoms. The maximum absolute atomic E-state index is 13.2. The van der Waals surface area contributed by atoms with E-state index in [2.05, 4.69) is 92.9 Å². The van der Waals surface area contributed by atoms with Crippen LogP contribution in [0.4, 0.5) is 0 Å². The Morgan fingerprint density at radius 2 is 0.932 bits per heavy atom. The van der Waals surface area contributed by atoms with Crippen LogP contribution in [-0.2, 0) is 14.3 Å². The molecule has 0 radical (unpaired) electrons. The van der Waals surface area contributed by atoms with Crippen LogP contribution in [0.15, 0.2) is 72.9 Å². The molecule has 0 fully saturated rings. The number of unbranched alkanes of at least 4 members (excludes halogenated alkanes) is 19. The predicted octanol–water partition coefficient (Wildman–Crippen LogP) is 14.6. The van der Waals surface area contributed by atoms with Gasteiger partial charge < -0.3 is 20.3 Å². The van der Waals surface area contributed by atoms with Crippen LogP contribution in [0.25, 0.3) is 0 Å². The number of ether oxygens (including phenoxy) is 1. The largest absolute Gasteiger partial charge is 0.462 e. The molecule has 0 saturated heterocycles. The summed E-state index contributed by atoms with van der Waals surface area (Å²) in [4.78, 5) is 26.0. The first-order chi connectivity index (χ1) is 29.0. The van der Waals surface area contributed by atoms with Gasteiger partial charge in [-0.2, -0.15) is 0 Å². The zero-order chi connectivity index (χ0) is 43.1. The molecule has 0 rings (SSSR count). The van der Waals surface area contributed by atoms with Gasteiger partial charge in [0, 0.05) is 6.42 Å². The van der Waals surface area contributed by atoms with Crippen molar-refractivity contribution in [3.05, 3.63) is 72.9 Å². The van der Waals surface area contributed by atoms with Gasteiger partial charge in [0.1, 0.15) is 6.10 Å². The number of rotatable bonds is 43. The number of esters is 1. The molecule has 0 aliphatic heterocycles. The minimum atomic E-state index is -0.807. The van der Waals surface area contributed by atoms with E-state index >= 15 is 0 Å². The summed E-state index contributed by atoms with van der Waals surface area (Å²) in [5, 5.41) is 23.7. The lowest BCUT2D eigenvalue weighted by Crippen LogP contribution is -2.46. The van der Waals surface area contributed by atoms with Gasteiger partial charge in [0.25, 0.3) is 0 Å². The van der Waals surface area contributed by atoms with Crippen LogP contribution in [0.5, 0.6) is 0 Å². The minimum absolute atomic E-state index is 0.0246. The van der Waals surface area contributed by atoms with Crippen LogP contribution in [0, 0.1) is 0 Å². The topological polar surface area (TPSA) is 95.9 Å². The molecule has 0 spiro atoms. The van der Waals surface area contributed by atoms with Gasteiger partial charge in [0.2, 0.25) is 5.91 Å². The van der Waals surface area contributed by atoms with Gasteiger partial charge in [-0.25, -0.2) is 0 Å². The van der Waals surface area contributed by atoms with E-state index in [1.807, 2.05) is 6.08 Å². The van der Waals surface area contributed by atoms with Gasteiger partial charge in [-0.15, -0.1) is 0 Å². The Labute approximate surface area is 364 Å². The number of carbonyl (C=O) groups is 2. The van der Waals surface area contributed by atoms with Gasteiger partial charge in [-0.05, 0) is 77.0 Å². The molecule has 6 nitrogen and oxygen atoms in total. The molecule has 0 saturated carbocycles. The summed E-state index contributed by atoms with van der Waals surface area (Å²) in [7, 11) is 0. The molecule has 1 amide bonds. The second-order valence-corrected chi connectivity index (χ2v) is 16.5. The van der Waals surface area contributed by atoms with Crippen molar-refractivity contribution in [2.75, 3.05) is 6.61 Å². The van der Waals surface area contributed by atoms with Crippen molar-refractivity contribution in [1.29, 1.82) is 0 Å². The fraction of sp³-hybridized carbons (Fsp3) is 0.736. The fourth-order valence-electron chi connectivity index (χ4n) is 7.07. The molecule has 0 aliphatic carbocycles. The third-order valence-corrected chi connectivity index (χ3v) is 10.8. The van der Waals surface area contributed by atoms with Crippen molar-refractivity contribution >= 4 is 11.9 Å². The SMILES string of the molecule is CC/C=C/C/C=C/C/C=C/C/C=C/C/C=C/CCC(=O)OC(CCC/C=C\CCCCCCCC)CC(=O)NC(CO)C(O)CCCCCCCCCCCCCCC. The maximum Gasteiger partial charge on any atom is 0.306 e. The molecule has 3 atom stereocenters. The average Bonchev–Trinajstić information content (AvgIpc) is 3.23. The highest BCUT2D eigenvalue weighted by molar-refractivity contribution is 5.77. The highest BCUT2D eigenvalue weighted by Gasteiger charge is 2.23. The molecular weight excluding hydrogens is 731 g/mol. The molecule has 3 N–H and O–H groups in total. The first kappa shape index (κ1) is 56.3. The molecule has 340 valence electrons. The Balaban J connectivity index is 4.69. The van der Waals surface area contributed by atoms with Crippen molar-refractivity contribution in [2.45, 2.75) is 244 Å². The van der Waals surface area contributed by atoms with Crippen LogP contribution in [0.2, 0.25) is 0 Å². The number of nitrogens with one attached hydrogen (secondary N) is 1. The zero-order valence-corrected chi connectivity index (χ0v) is 38.6. The zero-order valence-electron chi connectivity index (χ0n) is 38.6. The quantitative estimate of drug-likeness (QED) is 0.0323. The summed E-state index contributed by atoms with van der Waals surface area (Å²) >= 11 is 0. The Kier molecular flexibility index (Phi) is 44.2. The normalized spacial score (nSPS) is 13.9. The van der Waals surface area contributed by atoms with Gasteiger partial charge in [0.05, 0.1) is 25.2 Å². The molecule has 6 heteroatoms. The summed E-state index contributed by atoms with van der Waals surface area (Å²) in [6.45, 7) is 6.32. The van der Waals surface area contributed by atoms with E-state index in [1.165, 1.54) is 103 Å². The second-order valence-electron chi connectivity index (χ2n) is 16.5. The van der Waals surface area contributed by atoms with Gasteiger partial charge >= 0.3 is 5.97 Å². The molecule has 3 unspecified atom stereocenters. The predicted molar refractivity (Wildman–Crippen MR) is 255 cm³/mol. The van der Waals surface area contributed by atoms with Crippen molar-refractivity contribution in [3.63, 3.8) is 0 Å². The van der Waals surface area contributed by atoms with Gasteiger partial charge in [-0.3, -0.25) is 9.59 Å². The van der Waals surface area contributed by atoms with Crippen molar-refractivity contribution < 1.29 is 24.5 Å². The first-order valence-corrected chi connectivity index (χ1v) is 24.7. The van der Waals surface area contributed by atoms with Crippen LogP contribution in [0.3, 0.4) is 0 Å². The third kappa shape index (κ3) is 41.8. The Morgan fingerprint density at radius 3 is 1.42 bits per heavy atom. The van der Waals surface area contributed by atoms with Gasteiger partial charge in [0.15, 0.2) is 0 Å². The molecule has 0 aromatic carbocycles. The van der Waals surface area contributed by atoms with Crippen molar-refractivity contribution in [3.8, 4) is 0 Å². The van der Waals surface area contributed by atoms with Crippen molar-refractivity contribution in [1.82, 2.24) is 5.32 Å². The van der Waals surface area contributed by atoms with E-state index < -0.39 is 18.2 Å². The fourth-order valence-corrected chi connectivity index (χ4v) is 7.07. The number of aliphatic hydroxyl groups is 2. The summed E-state index contributed by atoms with van der Waals surface area (Å²) < 4.78 is 5.85. The van der Waals surface area contributed by atoms with E-state index in [-0.39, 0.29) is 31.3 Å². The lowest BCUT2D eigenvalue weighted by atomic mass is 10.0. The average molecular weight is 824 g/mol. The summed E-state index contributed by atoms with van der Waals surface area (Å²) in [6.07, 6.45) is 58.3. The highest BCUT2D eigenvalue weighted by Crippen LogP contribution is 2.16. The van der Waals surface area contributed by atoms with Gasteiger partial charge in [-0.1, -0.05) is 209 Å². The molecule has 0 heterocycles. The third-order valence-electron chi connectivity index (χ3n) is 10.8. The van der Waals surface area contributed by atoms with Crippen LogP contribution in [0.1, 0.15) is 226 Å². The van der Waals surface area contributed by atoms with E-state index in [9.17, 15) is 19.8 Å². The number of allylic oxidation sites excluding steroid dienone is 12. The lowest BCUT2D eigenvalue weighted by Gasteiger charge is -2.24. The second kappa shape index (κ2) is 46.4. The molecule has 59 heavy (non-hydrogen) atoms. The van der Waals surface area contributed by atoms with Crippen LogP contribution >= 0.6 is 0 Å². The Morgan fingerprint density at radius 1 is 0.508 bits per heavy atom. The molecular formula is C53H93NO5.